The maximum Gasteiger partial charge on any atom is 0.118 e. The van der Waals surface area contributed by atoms with Crippen LogP contribution in [0.1, 0.15) is 31.7 Å². The fraction of sp³-hybridized carbons (Fsp3) is 0.600. The summed E-state index contributed by atoms with van der Waals surface area (Å²) in [6, 6.07) is 8.94. The summed E-state index contributed by atoms with van der Waals surface area (Å²) in [7, 11) is 1.71. The van der Waals surface area contributed by atoms with E-state index in [0.29, 0.717) is 6.04 Å². The zero-order chi connectivity index (χ0) is 12.1. The van der Waals surface area contributed by atoms with Gasteiger partial charge in [-0.25, -0.2) is 0 Å². The number of nitrogens with one attached hydrogen (secondary N) is 1. The normalized spacial score (nSPS) is 17.5. The Morgan fingerprint density at radius 3 is 2.53 bits per heavy atom. The molecular formula is C15H23NO. The van der Waals surface area contributed by atoms with E-state index in [9.17, 15) is 0 Å². The highest BCUT2D eigenvalue weighted by Gasteiger charge is 2.17. The van der Waals surface area contributed by atoms with Crippen molar-refractivity contribution in [2.75, 3.05) is 13.7 Å². The molecule has 0 amide bonds. The third-order valence-electron chi connectivity index (χ3n) is 3.68. The summed E-state index contributed by atoms with van der Waals surface area (Å²) in [5.74, 6) is 1.87. The predicted molar refractivity (Wildman–Crippen MR) is 71.5 cm³/mol. The van der Waals surface area contributed by atoms with Crippen molar-refractivity contribution in [2.45, 2.75) is 38.6 Å². The zero-order valence-corrected chi connectivity index (χ0v) is 10.9. The molecule has 1 aromatic rings. The SMILES string of the molecule is COc1ccc(CC(C)NCC2CCC2)cc1. The zero-order valence-electron chi connectivity index (χ0n) is 10.9. The third-order valence-corrected chi connectivity index (χ3v) is 3.68. The van der Waals surface area contributed by atoms with Crippen molar-refractivity contribution in [2.24, 2.45) is 5.92 Å². The minimum atomic E-state index is 0.559. The van der Waals surface area contributed by atoms with Crippen LogP contribution in [0, 0.1) is 5.92 Å². The molecule has 0 aromatic heterocycles. The van der Waals surface area contributed by atoms with E-state index in [1.165, 1.54) is 31.4 Å². The standard InChI is InChI=1S/C15H23NO/c1-12(16-11-14-4-3-5-14)10-13-6-8-15(17-2)9-7-13/h6-9,12,14,16H,3-5,10-11H2,1-2H3. The van der Waals surface area contributed by atoms with Gasteiger partial charge >= 0.3 is 0 Å². The first-order valence-electron chi connectivity index (χ1n) is 6.64. The van der Waals surface area contributed by atoms with Crippen LogP contribution in [0.3, 0.4) is 0 Å². The van der Waals surface area contributed by atoms with Gasteiger partial charge in [0.25, 0.3) is 0 Å². The van der Waals surface area contributed by atoms with Crippen LogP contribution in [-0.4, -0.2) is 19.7 Å². The molecule has 2 heteroatoms. The van der Waals surface area contributed by atoms with E-state index in [1.54, 1.807) is 7.11 Å². The maximum atomic E-state index is 5.16. The van der Waals surface area contributed by atoms with Crippen molar-refractivity contribution < 1.29 is 4.74 Å². The highest BCUT2D eigenvalue weighted by molar-refractivity contribution is 5.27. The summed E-state index contributed by atoms with van der Waals surface area (Å²) in [4.78, 5) is 0. The highest BCUT2D eigenvalue weighted by Crippen LogP contribution is 2.25. The number of ether oxygens (including phenoxy) is 1. The second-order valence-corrected chi connectivity index (χ2v) is 5.16. The molecule has 1 aliphatic carbocycles. The summed E-state index contributed by atoms with van der Waals surface area (Å²) in [6.45, 7) is 3.46. The van der Waals surface area contributed by atoms with Gasteiger partial charge < -0.3 is 10.1 Å². The summed E-state index contributed by atoms with van der Waals surface area (Å²) in [5, 5.41) is 3.63. The Hall–Kier alpha value is -1.02. The Balaban J connectivity index is 1.74. The van der Waals surface area contributed by atoms with Gasteiger partial charge in [-0.3, -0.25) is 0 Å². The average molecular weight is 233 g/mol. The fourth-order valence-corrected chi connectivity index (χ4v) is 2.25. The summed E-state index contributed by atoms with van der Waals surface area (Å²) in [5.41, 5.74) is 1.37. The van der Waals surface area contributed by atoms with Gasteiger partial charge in [0.15, 0.2) is 0 Å². The molecule has 2 rings (SSSR count). The lowest BCUT2D eigenvalue weighted by molar-refractivity contribution is 0.291. The highest BCUT2D eigenvalue weighted by atomic mass is 16.5. The lowest BCUT2D eigenvalue weighted by atomic mass is 9.85. The molecule has 94 valence electrons. The van der Waals surface area contributed by atoms with E-state index < -0.39 is 0 Å². The van der Waals surface area contributed by atoms with Gasteiger partial charge in [0.05, 0.1) is 7.11 Å². The van der Waals surface area contributed by atoms with Gasteiger partial charge in [0, 0.05) is 6.04 Å². The lowest BCUT2D eigenvalue weighted by Gasteiger charge is -2.27. The fourth-order valence-electron chi connectivity index (χ4n) is 2.25. The molecule has 1 N–H and O–H groups in total. The summed E-state index contributed by atoms with van der Waals surface area (Å²) in [6.07, 6.45) is 5.36. The first-order valence-corrected chi connectivity index (χ1v) is 6.64. The second kappa shape index (κ2) is 6.06. The molecule has 1 unspecified atom stereocenters. The van der Waals surface area contributed by atoms with Crippen LogP contribution in [0.2, 0.25) is 0 Å². The Labute approximate surface area is 104 Å². The number of benzene rings is 1. The smallest absolute Gasteiger partial charge is 0.118 e. The van der Waals surface area contributed by atoms with Gasteiger partial charge in [-0.1, -0.05) is 18.6 Å². The first-order chi connectivity index (χ1) is 8.28. The Morgan fingerprint density at radius 2 is 2.00 bits per heavy atom. The minimum Gasteiger partial charge on any atom is -0.497 e. The van der Waals surface area contributed by atoms with Crippen molar-refractivity contribution in [1.29, 1.82) is 0 Å². The van der Waals surface area contributed by atoms with E-state index in [2.05, 4.69) is 24.4 Å². The molecule has 1 aromatic carbocycles. The summed E-state index contributed by atoms with van der Waals surface area (Å²) < 4.78 is 5.16. The molecule has 0 bridgehead atoms. The van der Waals surface area contributed by atoms with Gasteiger partial charge in [-0.2, -0.15) is 0 Å². The van der Waals surface area contributed by atoms with Crippen LogP contribution in [0.4, 0.5) is 0 Å². The average Bonchev–Trinajstić information content (AvgIpc) is 2.28. The molecule has 0 spiro atoms. The van der Waals surface area contributed by atoms with Crippen LogP contribution in [-0.2, 0) is 6.42 Å². The van der Waals surface area contributed by atoms with Gasteiger partial charge in [-0.15, -0.1) is 0 Å². The molecule has 2 nitrogen and oxygen atoms in total. The topological polar surface area (TPSA) is 21.3 Å². The van der Waals surface area contributed by atoms with Crippen molar-refractivity contribution in [3.05, 3.63) is 29.8 Å². The number of methoxy groups -OCH3 is 1. The molecule has 0 saturated heterocycles. The van der Waals surface area contributed by atoms with Crippen molar-refractivity contribution in [3.8, 4) is 5.75 Å². The van der Waals surface area contributed by atoms with Crippen LogP contribution in [0.5, 0.6) is 5.75 Å². The second-order valence-electron chi connectivity index (χ2n) is 5.16. The molecule has 1 saturated carbocycles. The van der Waals surface area contributed by atoms with Crippen LogP contribution < -0.4 is 10.1 Å². The summed E-state index contributed by atoms with van der Waals surface area (Å²) >= 11 is 0. The van der Waals surface area contributed by atoms with E-state index in [4.69, 9.17) is 4.74 Å². The van der Waals surface area contributed by atoms with E-state index >= 15 is 0 Å². The monoisotopic (exact) mass is 233 g/mol. The Kier molecular flexibility index (Phi) is 4.43. The van der Waals surface area contributed by atoms with Gasteiger partial charge in [-0.05, 0) is 56.3 Å². The van der Waals surface area contributed by atoms with Crippen molar-refractivity contribution >= 4 is 0 Å². The van der Waals surface area contributed by atoms with Crippen molar-refractivity contribution in [1.82, 2.24) is 5.32 Å². The quantitative estimate of drug-likeness (QED) is 0.815. The van der Waals surface area contributed by atoms with Gasteiger partial charge in [0.2, 0.25) is 0 Å². The Morgan fingerprint density at radius 1 is 1.29 bits per heavy atom. The predicted octanol–water partition coefficient (Wildman–Crippen LogP) is 3.02. The number of rotatable bonds is 6. The Bertz CT molecular complexity index is 329. The van der Waals surface area contributed by atoms with Crippen LogP contribution >= 0.6 is 0 Å². The third kappa shape index (κ3) is 3.74. The minimum absolute atomic E-state index is 0.559. The van der Waals surface area contributed by atoms with E-state index in [-0.39, 0.29) is 0 Å². The molecule has 0 radical (unpaired) electrons. The molecule has 1 atom stereocenters. The molecule has 1 fully saturated rings. The van der Waals surface area contributed by atoms with Gasteiger partial charge in [0.1, 0.15) is 5.75 Å². The van der Waals surface area contributed by atoms with Crippen molar-refractivity contribution in [3.63, 3.8) is 0 Å². The molecule has 0 heterocycles. The lowest BCUT2D eigenvalue weighted by Crippen LogP contribution is -2.34. The maximum absolute atomic E-state index is 5.16. The number of hydrogen-bond acceptors (Lipinski definition) is 2. The van der Waals surface area contributed by atoms with Crippen LogP contribution in [0.25, 0.3) is 0 Å². The van der Waals surface area contributed by atoms with Crippen LogP contribution in [0.15, 0.2) is 24.3 Å². The molecule has 1 aliphatic rings. The molecule has 17 heavy (non-hydrogen) atoms. The van der Waals surface area contributed by atoms with E-state index in [0.717, 1.165) is 18.1 Å². The molecule has 0 aliphatic heterocycles. The largest absolute Gasteiger partial charge is 0.497 e. The van der Waals surface area contributed by atoms with E-state index in [1.807, 2.05) is 12.1 Å². The number of hydrogen-bond donors (Lipinski definition) is 1. The first kappa shape index (κ1) is 12.4. The molecular weight excluding hydrogens is 210 g/mol.